The van der Waals surface area contributed by atoms with Crippen LogP contribution in [0, 0.1) is 0 Å². The van der Waals surface area contributed by atoms with Gasteiger partial charge in [-0.25, -0.2) is 0 Å². The zero-order valence-corrected chi connectivity index (χ0v) is 26.6. The van der Waals surface area contributed by atoms with Crippen LogP contribution in [0.5, 0.6) is 0 Å². The van der Waals surface area contributed by atoms with Crippen molar-refractivity contribution in [3.8, 4) is 0 Å². The Kier molecular flexibility index (Phi) is 50.9. The molecule has 35 heavy (non-hydrogen) atoms. The minimum Gasteiger partial charge on any atom is -0.876 e. The quantitative estimate of drug-likeness (QED) is 0.174. The minimum atomic E-state index is 0. The molecule has 0 spiro atoms. The van der Waals surface area contributed by atoms with Gasteiger partial charge < -0.3 is 30.3 Å². The molecule has 0 radical (unpaired) electrons. The first-order valence-corrected chi connectivity index (χ1v) is 12.1. The van der Waals surface area contributed by atoms with Crippen molar-refractivity contribution in [2.45, 2.75) is 68.2 Å². The fraction of sp³-hybridized carbons (Fsp3) is 0.769. The number of allylic oxidation sites excluding steroid dienone is 4. The fourth-order valence-electron chi connectivity index (χ4n) is 2.06. The fourth-order valence-corrected chi connectivity index (χ4v) is 2.06. The third-order valence-corrected chi connectivity index (χ3v) is 3.45. The Hall–Kier alpha value is -0.857. The monoisotopic (exact) mass is 574 g/mol. The number of ether oxygens (including phenoxy) is 2. The van der Waals surface area contributed by atoms with Crippen molar-refractivity contribution in [2.75, 3.05) is 66.7 Å². The second-order valence-corrected chi connectivity index (χ2v) is 6.96. The predicted octanol–water partition coefficient (Wildman–Crippen LogP) is 4.29. The number of rotatable bonds is 14. The van der Waals surface area contributed by atoms with E-state index in [-0.39, 0.29) is 37.7 Å². The van der Waals surface area contributed by atoms with Crippen LogP contribution in [0.1, 0.15) is 68.2 Å². The van der Waals surface area contributed by atoms with Gasteiger partial charge in [0, 0.05) is 51.9 Å². The molecule has 0 aromatic heterocycles. The molecule has 8 nitrogen and oxygen atoms in total. The summed E-state index contributed by atoms with van der Waals surface area (Å²) in [5.74, 6) is 0.0889. The van der Waals surface area contributed by atoms with Gasteiger partial charge in [0.2, 0.25) is 0 Å². The molecule has 0 atom stereocenters. The van der Waals surface area contributed by atoms with Gasteiger partial charge in [-0.05, 0) is 26.7 Å². The van der Waals surface area contributed by atoms with E-state index in [9.17, 15) is 10.2 Å². The van der Waals surface area contributed by atoms with E-state index in [0.29, 0.717) is 0 Å². The summed E-state index contributed by atoms with van der Waals surface area (Å²) in [6, 6.07) is 0. The van der Waals surface area contributed by atoms with Crippen molar-refractivity contribution in [3.05, 3.63) is 34.3 Å². The first kappa shape index (κ1) is 44.2. The molecule has 0 heterocycles. The summed E-state index contributed by atoms with van der Waals surface area (Å²) in [6.07, 6.45) is 4.87. The van der Waals surface area contributed by atoms with Crippen molar-refractivity contribution < 1.29 is 45.9 Å². The summed E-state index contributed by atoms with van der Waals surface area (Å²) < 4.78 is 9.72. The van der Waals surface area contributed by atoms with Gasteiger partial charge >= 0.3 is 26.2 Å². The molecule has 0 saturated carbocycles. The average molecular weight is 576 g/mol. The third-order valence-electron chi connectivity index (χ3n) is 3.45. The second kappa shape index (κ2) is 40.3. The first-order chi connectivity index (χ1) is 16.2. The topological polar surface area (TPSA) is 118 Å². The minimum absolute atomic E-state index is 0. The molecule has 0 aliphatic rings. The van der Waals surface area contributed by atoms with Crippen LogP contribution >= 0.6 is 0 Å². The van der Waals surface area contributed by atoms with Crippen LogP contribution in [0.25, 0.3) is 10.6 Å². The van der Waals surface area contributed by atoms with Gasteiger partial charge in [0.05, 0.1) is 0 Å². The SMILES string of the molecule is CC[N-]CC.CC[N-]CC.COCCCN=C(C)/C=C(/C)[O-].COCCCN=C(C)/C=C(/C)[O-].[Zr+4]. The summed E-state index contributed by atoms with van der Waals surface area (Å²) in [5.41, 5.74) is 1.58. The van der Waals surface area contributed by atoms with Crippen molar-refractivity contribution in [1.82, 2.24) is 0 Å². The van der Waals surface area contributed by atoms with E-state index in [0.717, 1.165) is 76.7 Å². The smallest absolute Gasteiger partial charge is 0.876 e. The first-order valence-electron chi connectivity index (χ1n) is 12.1. The van der Waals surface area contributed by atoms with E-state index in [1.165, 1.54) is 26.0 Å². The van der Waals surface area contributed by atoms with E-state index < -0.39 is 0 Å². The molecule has 0 aromatic rings. The Balaban J connectivity index is -0.000000122. The molecule has 0 bridgehead atoms. The maximum Gasteiger partial charge on any atom is 4.00 e. The molecule has 0 aliphatic carbocycles. The van der Waals surface area contributed by atoms with Gasteiger partial charge in [-0.3, -0.25) is 9.98 Å². The van der Waals surface area contributed by atoms with Crippen LogP contribution < -0.4 is 10.2 Å². The Morgan fingerprint density at radius 3 is 1.11 bits per heavy atom. The molecule has 0 aromatic carbocycles. The summed E-state index contributed by atoms with van der Waals surface area (Å²) in [6.45, 7) is 21.6. The van der Waals surface area contributed by atoms with Crippen molar-refractivity contribution >= 4 is 11.4 Å². The van der Waals surface area contributed by atoms with E-state index in [2.05, 4.69) is 20.6 Å². The molecule has 9 heteroatoms. The van der Waals surface area contributed by atoms with Gasteiger partial charge in [0.1, 0.15) is 0 Å². The summed E-state index contributed by atoms with van der Waals surface area (Å²) in [4.78, 5) is 8.32. The Morgan fingerprint density at radius 1 is 0.657 bits per heavy atom. The maximum atomic E-state index is 10.6. The standard InChI is InChI=1S/2C9H17NO2.2C4H10N.Zr/c2*1-8(7-9(2)11)10-5-4-6-12-3;2*1-3-5-4-2;/h2*7,11H,4-6H2,1-3H3;2*3-4H2,1-2H3;/q;;2*-1;+4/p-2/b2*9-7-,10-8?;;;. The Bertz CT molecular complexity index is 467. The summed E-state index contributed by atoms with van der Waals surface area (Å²) >= 11 is 0. The molecule has 0 saturated heterocycles. The molecule has 0 N–H and O–H groups in total. The van der Waals surface area contributed by atoms with E-state index in [1.54, 1.807) is 14.2 Å². The van der Waals surface area contributed by atoms with E-state index in [1.807, 2.05) is 41.5 Å². The van der Waals surface area contributed by atoms with E-state index >= 15 is 0 Å². The molecule has 0 unspecified atom stereocenters. The van der Waals surface area contributed by atoms with Gasteiger partial charge in [0.25, 0.3) is 0 Å². The Morgan fingerprint density at radius 2 is 0.943 bits per heavy atom. The van der Waals surface area contributed by atoms with Crippen LogP contribution in [-0.4, -0.2) is 78.1 Å². The van der Waals surface area contributed by atoms with Gasteiger partial charge in [0.15, 0.2) is 0 Å². The molecule has 0 amide bonds. The molecule has 0 rings (SSSR count). The van der Waals surface area contributed by atoms with Crippen molar-refractivity contribution in [2.24, 2.45) is 9.98 Å². The third kappa shape index (κ3) is 60.0. The number of hydrogen-bond acceptors (Lipinski definition) is 6. The molecular weight excluding hydrogens is 524 g/mol. The molecule has 0 aliphatic heterocycles. The summed E-state index contributed by atoms with van der Waals surface area (Å²) in [5, 5.41) is 29.1. The Labute approximate surface area is 235 Å². The van der Waals surface area contributed by atoms with Gasteiger partial charge in [-0.15, -0.1) is 11.5 Å². The van der Waals surface area contributed by atoms with Crippen molar-refractivity contribution in [3.63, 3.8) is 0 Å². The predicted molar refractivity (Wildman–Crippen MR) is 145 cm³/mol. The zero-order chi connectivity index (χ0) is 27.0. The molecular formula is C26H52N4O4Zr. The van der Waals surface area contributed by atoms with Crippen LogP contribution in [0.2, 0.25) is 0 Å². The van der Waals surface area contributed by atoms with Crippen LogP contribution in [0.4, 0.5) is 0 Å². The van der Waals surface area contributed by atoms with Gasteiger partial charge in [-0.1, -0.05) is 53.7 Å². The number of hydrogen-bond donors (Lipinski definition) is 0. The van der Waals surface area contributed by atoms with Crippen LogP contribution in [0.3, 0.4) is 0 Å². The number of methoxy groups -OCH3 is 2. The van der Waals surface area contributed by atoms with Crippen molar-refractivity contribution in [1.29, 1.82) is 0 Å². The van der Waals surface area contributed by atoms with Crippen LogP contribution in [-0.2, 0) is 35.7 Å². The zero-order valence-electron chi connectivity index (χ0n) is 24.1. The summed E-state index contributed by atoms with van der Waals surface area (Å²) in [7, 11) is 3.33. The largest absolute Gasteiger partial charge is 4.00 e. The molecule has 0 fully saturated rings. The van der Waals surface area contributed by atoms with Gasteiger partial charge in [-0.2, -0.15) is 26.2 Å². The number of nitrogens with zero attached hydrogens (tertiary/aromatic N) is 4. The van der Waals surface area contributed by atoms with E-state index in [4.69, 9.17) is 9.47 Å². The average Bonchev–Trinajstić information content (AvgIpc) is 2.76. The van der Waals surface area contributed by atoms with Crippen LogP contribution in [0.15, 0.2) is 33.7 Å². The normalized spacial score (nSPS) is 11.7. The maximum absolute atomic E-state index is 10.6. The second-order valence-electron chi connectivity index (χ2n) is 6.96. The number of aliphatic imine (C=N–C) groups is 2. The molecule has 204 valence electrons.